The molecule has 1 amide bonds. The van der Waals surface area contributed by atoms with E-state index in [2.05, 4.69) is 5.32 Å². The highest BCUT2D eigenvalue weighted by atomic mass is 16.5. The number of amides is 1. The minimum atomic E-state index is -0.334. The standard InChI is InChI=1S/C15H17NO3/c1-19-14(18)15(5-2-6-15)9-10-3-4-12-11(7-10)8-13(17)16-12/h3-4,7H,2,5-6,8-9H2,1H3,(H,16,17). The normalized spacial score (nSPS) is 19.3. The van der Waals surface area contributed by atoms with Crippen molar-refractivity contribution in [1.82, 2.24) is 0 Å². The number of hydrogen-bond acceptors (Lipinski definition) is 3. The third kappa shape index (κ3) is 2.01. The molecule has 1 aliphatic carbocycles. The van der Waals surface area contributed by atoms with Gasteiger partial charge in [-0.15, -0.1) is 0 Å². The van der Waals surface area contributed by atoms with E-state index in [1.807, 2.05) is 18.2 Å². The van der Waals surface area contributed by atoms with E-state index in [0.29, 0.717) is 12.8 Å². The number of fused-ring (bicyclic) bond motifs is 1. The molecule has 0 atom stereocenters. The van der Waals surface area contributed by atoms with E-state index in [9.17, 15) is 9.59 Å². The molecular weight excluding hydrogens is 242 g/mol. The van der Waals surface area contributed by atoms with Gasteiger partial charge in [-0.25, -0.2) is 0 Å². The average Bonchev–Trinajstić information content (AvgIpc) is 2.72. The molecule has 4 nitrogen and oxygen atoms in total. The molecule has 0 saturated heterocycles. The second-order valence-corrected chi connectivity index (χ2v) is 5.52. The van der Waals surface area contributed by atoms with Crippen molar-refractivity contribution in [2.75, 3.05) is 12.4 Å². The lowest BCUT2D eigenvalue weighted by Gasteiger charge is -2.39. The second kappa shape index (κ2) is 4.37. The Morgan fingerprint density at radius 3 is 2.84 bits per heavy atom. The molecule has 1 saturated carbocycles. The van der Waals surface area contributed by atoms with E-state index in [1.165, 1.54) is 7.11 Å². The van der Waals surface area contributed by atoms with Crippen molar-refractivity contribution in [3.63, 3.8) is 0 Å². The molecule has 3 rings (SSSR count). The largest absolute Gasteiger partial charge is 0.469 e. The van der Waals surface area contributed by atoms with Crippen LogP contribution in [0.4, 0.5) is 5.69 Å². The summed E-state index contributed by atoms with van der Waals surface area (Å²) in [6, 6.07) is 5.96. The molecule has 2 aliphatic rings. The highest BCUT2D eigenvalue weighted by Gasteiger charge is 2.45. The van der Waals surface area contributed by atoms with E-state index >= 15 is 0 Å². The first-order chi connectivity index (χ1) is 9.13. The number of carbonyl (C=O) groups excluding carboxylic acids is 2. The topological polar surface area (TPSA) is 55.4 Å². The summed E-state index contributed by atoms with van der Waals surface area (Å²) in [5.74, 6) is -0.0630. The molecule has 1 aliphatic heterocycles. The van der Waals surface area contributed by atoms with Gasteiger partial charge in [0, 0.05) is 5.69 Å². The zero-order valence-corrected chi connectivity index (χ0v) is 11.0. The van der Waals surface area contributed by atoms with Crippen LogP contribution in [0.5, 0.6) is 0 Å². The summed E-state index contributed by atoms with van der Waals surface area (Å²) in [7, 11) is 1.45. The lowest BCUT2D eigenvalue weighted by Crippen LogP contribution is -2.40. The third-order valence-corrected chi connectivity index (χ3v) is 4.27. The number of benzene rings is 1. The van der Waals surface area contributed by atoms with Gasteiger partial charge >= 0.3 is 5.97 Å². The number of hydrogen-bond donors (Lipinski definition) is 1. The number of methoxy groups -OCH3 is 1. The van der Waals surface area contributed by atoms with Crippen molar-refractivity contribution in [2.24, 2.45) is 5.41 Å². The molecule has 1 aromatic rings. The second-order valence-electron chi connectivity index (χ2n) is 5.52. The van der Waals surface area contributed by atoms with Crippen molar-refractivity contribution in [3.8, 4) is 0 Å². The van der Waals surface area contributed by atoms with Crippen molar-refractivity contribution in [1.29, 1.82) is 0 Å². The minimum Gasteiger partial charge on any atom is -0.469 e. The van der Waals surface area contributed by atoms with Crippen LogP contribution in [-0.2, 0) is 27.2 Å². The summed E-state index contributed by atoms with van der Waals surface area (Å²) in [5, 5.41) is 2.82. The first kappa shape index (κ1) is 12.2. The van der Waals surface area contributed by atoms with Crippen LogP contribution in [0.2, 0.25) is 0 Å². The molecular formula is C15H17NO3. The number of esters is 1. The Balaban J connectivity index is 1.82. The predicted molar refractivity (Wildman–Crippen MR) is 70.8 cm³/mol. The molecule has 1 heterocycles. The lowest BCUT2D eigenvalue weighted by atomic mass is 9.65. The van der Waals surface area contributed by atoms with Gasteiger partial charge in [0.2, 0.25) is 5.91 Å². The maximum atomic E-state index is 11.9. The van der Waals surface area contributed by atoms with Crippen molar-refractivity contribution < 1.29 is 14.3 Å². The number of nitrogens with one attached hydrogen (secondary N) is 1. The number of rotatable bonds is 3. The van der Waals surface area contributed by atoms with E-state index in [0.717, 1.165) is 36.1 Å². The van der Waals surface area contributed by atoms with Crippen LogP contribution in [-0.4, -0.2) is 19.0 Å². The fraction of sp³-hybridized carbons (Fsp3) is 0.467. The first-order valence-electron chi connectivity index (χ1n) is 6.63. The minimum absolute atomic E-state index is 0.0403. The van der Waals surface area contributed by atoms with E-state index < -0.39 is 0 Å². The molecule has 1 fully saturated rings. The average molecular weight is 259 g/mol. The monoisotopic (exact) mass is 259 g/mol. The van der Waals surface area contributed by atoms with Crippen LogP contribution in [0.25, 0.3) is 0 Å². The highest BCUT2D eigenvalue weighted by molar-refractivity contribution is 5.99. The number of anilines is 1. The quantitative estimate of drug-likeness (QED) is 0.845. The van der Waals surface area contributed by atoms with Crippen LogP contribution < -0.4 is 5.32 Å². The van der Waals surface area contributed by atoms with Gasteiger partial charge in [0.05, 0.1) is 18.9 Å². The van der Waals surface area contributed by atoms with Gasteiger partial charge in [0.15, 0.2) is 0 Å². The van der Waals surface area contributed by atoms with Crippen LogP contribution in [0.3, 0.4) is 0 Å². The van der Waals surface area contributed by atoms with Gasteiger partial charge in [-0.05, 0) is 36.5 Å². The summed E-state index contributed by atoms with van der Waals surface area (Å²) < 4.78 is 4.93. The van der Waals surface area contributed by atoms with Crippen molar-refractivity contribution in [3.05, 3.63) is 29.3 Å². The fourth-order valence-electron chi connectivity index (χ4n) is 3.06. The molecule has 0 bridgehead atoms. The molecule has 1 N–H and O–H groups in total. The van der Waals surface area contributed by atoms with Crippen LogP contribution >= 0.6 is 0 Å². The first-order valence-corrected chi connectivity index (χ1v) is 6.63. The van der Waals surface area contributed by atoms with Gasteiger partial charge in [0.25, 0.3) is 0 Å². The predicted octanol–water partition coefficient (Wildman–Crippen LogP) is 2.07. The Morgan fingerprint density at radius 2 is 2.21 bits per heavy atom. The van der Waals surface area contributed by atoms with Gasteiger partial charge in [-0.3, -0.25) is 9.59 Å². The van der Waals surface area contributed by atoms with Gasteiger partial charge < -0.3 is 10.1 Å². The molecule has 1 aromatic carbocycles. The Morgan fingerprint density at radius 1 is 1.42 bits per heavy atom. The molecule has 0 unspecified atom stereocenters. The third-order valence-electron chi connectivity index (χ3n) is 4.27. The van der Waals surface area contributed by atoms with E-state index in [4.69, 9.17) is 4.74 Å². The van der Waals surface area contributed by atoms with Gasteiger partial charge in [0.1, 0.15) is 0 Å². The van der Waals surface area contributed by atoms with Gasteiger partial charge in [-0.1, -0.05) is 18.6 Å². The van der Waals surface area contributed by atoms with Crippen LogP contribution in [0.15, 0.2) is 18.2 Å². The zero-order valence-electron chi connectivity index (χ0n) is 11.0. The Bertz CT molecular complexity index is 546. The molecule has 19 heavy (non-hydrogen) atoms. The van der Waals surface area contributed by atoms with Gasteiger partial charge in [-0.2, -0.15) is 0 Å². The molecule has 0 spiro atoms. The maximum Gasteiger partial charge on any atom is 0.312 e. The summed E-state index contributed by atoms with van der Waals surface area (Å²) in [5.41, 5.74) is 2.70. The summed E-state index contributed by atoms with van der Waals surface area (Å²) in [6.07, 6.45) is 4.03. The molecule has 100 valence electrons. The van der Waals surface area contributed by atoms with Crippen LogP contribution in [0, 0.1) is 5.41 Å². The lowest BCUT2D eigenvalue weighted by molar-refractivity contribution is -0.158. The summed E-state index contributed by atoms with van der Waals surface area (Å²) in [6.45, 7) is 0. The maximum absolute atomic E-state index is 11.9. The molecule has 0 radical (unpaired) electrons. The SMILES string of the molecule is COC(=O)C1(Cc2ccc3c(c2)CC(=O)N3)CCC1. The fourth-order valence-corrected chi connectivity index (χ4v) is 3.06. The zero-order chi connectivity index (χ0) is 13.5. The molecule has 4 heteroatoms. The number of carbonyl (C=O) groups is 2. The van der Waals surface area contributed by atoms with E-state index in [1.54, 1.807) is 0 Å². The van der Waals surface area contributed by atoms with E-state index in [-0.39, 0.29) is 17.3 Å². The molecule has 0 aromatic heterocycles. The summed E-state index contributed by atoms with van der Waals surface area (Å²) in [4.78, 5) is 23.3. The summed E-state index contributed by atoms with van der Waals surface area (Å²) >= 11 is 0. The van der Waals surface area contributed by atoms with Crippen molar-refractivity contribution in [2.45, 2.75) is 32.1 Å². The number of ether oxygens (including phenoxy) is 1. The smallest absolute Gasteiger partial charge is 0.312 e. The highest BCUT2D eigenvalue weighted by Crippen LogP contribution is 2.45. The Hall–Kier alpha value is -1.84. The van der Waals surface area contributed by atoms with Crippen molar-refractivity contribution >= 4 is 17.6 Å². The Labute approximate surface area is 112 Å². The van der Waals surface area contributed by atoms with Crippen LogP contribution in [0.1, 0.15) is 30.4 Å². The Kier molecular flexibility index (Phi) is 2.81.